The predicted molar refractivity (Wildman–Crippen MR) is 198 cm³/mol. The van der Waals surface area contributed by atoms with Gasteiger partial charge in [-0.15, -0.1) is 0 Å². The fraction of sp³-hybridized carbons (Fsp3) is 0.789. The first-order valence-electron chi connectivity index (χ1n) is 17.9. The zero-order valence-electron chi connectivity index (χ0n) is 32.1. The van der Waals surface area contributed by atoms with Gasteiger partial charge in [-0.2, -0.15) is 0 Å². The second-order valence-electron chi connectivity index (χ2n) is 16.4. The highest BCUT2D eigenvalue weighted by atomic mass is 28.4. The minimum absolute atomic E-state index is 0.00927. The molecule has 4 atom stereocenters. The van der Waals surface area contributed by atoms with E-state index in [1.54, 1.807) is 0 Å². The maximum atomic E-state index is 12.3. The molecule has 0 unspecified atom stereocenters. The zero-order chi connectivity index (χ0) is 35.3. The van der Waals surface area contributed by atoms with Crippen molar-refractivity contribution in [2.75, 3.05) is 6.61 Å². The number of unbranched alkanes of at least 4 members (excludes halogenated alkanes) is 3. The van der Waals surface area contributed by atoms with E-state index in [4.69, 9.17) is 18.3 Å². The summed E-state index contributed by atoms with van der Waals surface area (Å²) in [6.45, 7) is 31.3. The number of allylic oxidation sites excluding steroid dienone is 1. The van der Waals surface area contributed by atoms with Crippen molar-refractivity contribution in [3.8, 4) is 0 Å². The molecule has 0 radical (unpaired) electrons. The molecule has 1 aliphatic rings. The van der Waals surface area contributed by atoms with Crippen LogP contribution < -0.4 is 0 Å². The number of hydrogen-bond donors (Lipinski definition) is 0. The van der Waals surface area contributed by atoms with Crippen molar-refractivity contribution >= 4 is 28.6 Å². The van der Waals surface area contributed by atoms with Crippen molar-refractivity contribution in [3.05, 3.63) is 35.6 Å². The first-order valence-corrected chi connectivity index (χ1v) is 23.7. The van der Waals surface area contributed by atoms with Gasteiger partial charge in [-0.3, -0.25) is 4.79 Å². The summed E-state index contributed by atoms with van der Waals surface area (Å²) in [7, 11) is -4.14. The summed E-state index contributed by atoms with van der Waals surface area (Å²) < 4.78 is 25.1. The fourth-order valence-electron chi connectivity index (χ4n) is 5.33. The number of carbonyl (C=O) groups excluding carboxylic acids is 2. The molecular formula is C38H70O6Si2. The molecule has 1 aliphatic carbocycles. The summed E-state index contributed by atoms with van der Waals surface area (Å²) in [5.41, 5.74) is 1.16. The van der Waals surface area contributed by atoms with Crippen LogP contribution in [0.4, 0.5) is 0 Å². The van der Waals surface area contributed by atoms with E-state index < -0.39 is 16.6 Å². The molecule has 0 N–H and O–H groups in total. The molecule has 0 saturated carbocycles. The van der Waals surface area contributed by atoms with Crippen LogP contribution in [0.5, 0.6) is 0 Å². The number of esters is 2. The third kappa shape index (κ3) is 14.3. The van der Waals surface area contributed by atoms with Crippen LogP contribution in [0.25, 0.3) is 0 Å². The number of carbonyl (C=O) groups is 2. The molecule has 46 heavy (non-hydrogen) atoms. The molecule has 8 heteroatoms. The fourth-order valence-corrected chi connectivity index (χ4v) is 7.95. The minimum Gasteiger partial charge on any atom is -0.463 e. The molecule has 0 saturated heterocycles. The standard InChI is InChI=1S/C38H70O6Si2/c1-15-17-22-29(3)27-31(43-45(11,12)37(5,6)7)25-26-33-32(23-20-18-19-21-24-36(40)41-16-2)34(42-30(4)39)28-35(33)44-46(13,14)38(8,9)10/h21,24-26,29,31,33,35H,15-20,22-23,27-28H2,1-14H3/b24-21+,26-25+/t29-,31+,33+,35+/m0/s1. The Morgan fingerprint density at radius 2 is 1.59 bits per heavy atom. The van der Waals surface area contributed by atoms with Gasteiger partial charge in [-0.25, -0.2) is 4.79 Å². The molecular weight excluding hydrogens is 609 g/mol. The van der Waals surface area contributed by atoms with E-state index in [0.29, 0.717) is 18.9 Å². The molecule has 266 valence electrons. The lowest BCUT2D eigenvalue weighted by atomic mass is 9.92. The molecule has 0 aromatic carbocycles. The molecule has 0 aromatic heterocycles. The Balaban J connectivity index is 3.46. The largest absolute Gasteiger partial charge is 0.463 e. The van der Waals surface area contributed by atoms with Crippen LogP contribution in [0.1, 0.15) is 127 Å². The average Bonchev–Trinajstić information content (AvgIpc) is 3.20. The first-order chi connectivity index (χ1) is 21.1. The van der Waals surface area contributed by atoms with E-state index in [9.17, 15) is 9.59 Å². The second-order valence-corrected chi connectivity index (χ2v) is 25.9. The molecule has 0 amide bonds. The Bertz CT molecular complexity index is 1040. The average molecular weight is 679 g/mol. The van der Waals surface area contributed by atoms with Gasteiger partial charge in [0.05, 0.1) is 18.8 Å². The van der Waals surface area contributed by atoms with Gasteiger partial charge in [-0.05, 0) is 86.8 Å². The van der Waals surface area contributed by atoms with Crippen molar-refractivity contribution in [1.29, 1.82) is 0 Å². The summed E-state index contributed by atoms with van der Waals surface area (Å²) in [6, 6.07) is 0. The van der Waals surface area contributed by atoms with Crippen LogP contribution in [0.2, 0.25) is 36.3 Å². The van der Waals surface area contributed by atoms with Gasteiger partial charge in [0.25, 0.3) is 0 Å². The highest BCUT2D eigenvalue weighted by Crippen LogP contribution is 2.45. The highest BCUT2D eigenvalue weighted by molar-refractivity contribution is 6.74. The second kappa shape index (κ2) is 18.9. The van der Waals surface area contributed by atoms with Gasteiger partial charge < -0.3 is 18.3 Å². The summed E-state index contributed by atoms with van der Waals surface area (Å²) in [6.07, 6.45) is 16.6. The van der Waals surface area contributed by atoms with Crippen molar-refractivity contribution < 1.29 is 27.9 Å². The summed E-state index contributed by atoms with van der Waals surface area (Å²) in [5.74, 6) is 0.759. The smallest absolute Gasteiger partial charge is 0.330 e. The lowest BCUT2D eigenvalue weighted by Crippen LogP contribution is -2.45. The number of hydrogen-bond acceptors (Lipinski definition) is 6. The van der Waals surface area contributed by atoms with Crippen molar-refractivity contribution in [1.82, 2.24) is 0 Å². The molecule has 0 heterocycles. The molecule has 6 nitrogen and oxygen atoms in total. The van der Waals surface area contributed by atoms with Gasteiger partial charge in [0, 0.05) is 25.3 Å². The van der Waals surface area contributed by atoms with E-state index >= 15 is 0 Å². The molecule has 0 spiro atoms. The summed E-state index contributed by atoms with van der Waals surface area (Å²) in [4.78, 5) is 24.0. The summed E-state index contributed by atoms with van der Waals surface area (Å²) >= 11 is 0. The van der Waals surface area contributed by atoms with Crippen LogP contribution in [-0.4, -0.2) is 47.4 Å². The number of ether oxygens (including phenoxy) is 2. The van der Waals surface area contributed by atoms with Gasteiger partial charge in [0.1, 0.15) is 5.76 Å². The monoisotopic (exact) mass is 678 g/mol. The van der Waals surface area contributed by atoms with Crippen LogP contribution in [0, 0.1) is 11.8 Å². The lowest BCUT2D eigenvalue weighted by molar-refractivity contribution is -0.138. The van der Waals surface area contributed by atoms with Crippen LogP contribution in [-0.2, 0) is 27.9 Å². The van der Waals surface area contributed by atoms with Crippen molar-refractivity contribution in [2.45, 2.75) is 175 Å². The Morgan fingerprint density at radius 1 is 0.957 bits per heavy atom. The third-order valence-corrected chi connectivity index (χ3v) is 19.2. The maximum absolute atomic E-state index is 12.3. The molecule has 0 bridgehead atoms. The quantitative estimate of drug-likeness (QED) is 0.0445. The van der Waals surface area contributed by atoms with Gasteiger partial charge in [-0.1, -0.05) is 92.9 Å². The van der Waals surface area contributed by atoms with Crippen LogP contribution in [0.15, 0.2) is 35.6 Å². The predicted octanol–water partition coefficient (Wildman–Crippen LogP) is 11.1. The van der Waals surface area contributed by atoms with E-state index in [1.807, 2.05) is 13.0 Å². The van der Waals surface area contributed by atoms with Gasteiger partial charge in [0.2, 0.25) is 0 Å². The number of rotatable bonds is 19. The van der Waals surface area contributed by atoms with Crippen LogP contribution in [0.3, 0.4) is 0 Å². The van der Waals surface area contributed by atoms with Gasteiger partial charge >= 0.3 is 11.9 Å². The lowest BCUT2D eigenvalue weighted by Gasteiger charge is -2.40. The van der Waals surface area contributed by atoms with Gasteiger partial charge in [0.15, 0.2) is 16.6 Å². The van der Waals surface area contributed by atoms with E-state index in [-0.39, 0.29) is 40.1 Å². The Morgan fingerprint density at radius 3 is 2.13 bits per heavy atom. The SMILES string of the molecule is CCCC[C@H](C)C[C@@H](/C=C/[C@@H]1C(CCCC/C=C/C(=O)OCC)=C(OC(C)=O)C[C@H]1O[Si](C)(C)C(C)(C)C)O[Si](C)(C)C(C)(C)C. The minimum atomic E-state index is -2.12. The Hall–Kier alpha value is -1.49. The Labute approximate surface area is 285 Å². The Kier molecular flexibility index (Phi) is 17.5. The molecule has 1 rings (SSSR count). The van der Waals surface area contributed by atoms with E-state index in [1.165, 1.54) is 32.3 Å². The molecule has 0 aliphatic heterocycles. The molecule has 0 aromatic rings. The zero-order valence-corrected chi connectivity index (χ0v) is 34.1. The normalized spacial score (nSPS) is 19.7. The van der Waals surface area contributed by atoms with E-state index in [0.717, 1.165) is 43.4 Å². The highest BCUT2D eigenvalue weighted by Gasteiger charge is 2.44. The molecule has 0 fully saturated rings. The first kappa shape index (κ1) is 42.5. The van der Waals surface area contributed by atoms with E-state index in [2.05, 4.69) is 93.7 Å². The summed E-state index contributed by atoms with van der Waals surface area (Å²) in [5, 5.41) is 0.169. The third-order valence-electron chi connectivity index (χ3n) is 10.1. The maximum Gasteiger partial charge on any atom is 0.330 e. The van der Waals surface area contributed by atoms with Crippen molar-refractivity contribution in [3.63, 3.8) is 0 Å². The van der Waals surface area contributed by atoms with Crippen LogP contribution >= 0.6 is 0 Å². The topological polar surface area (TPSA) is 71.1 Å². The van der Waals surface area contributed by atoms with Crippen molar-refractivity contribution in [2.24, 2.45) is 11.8 Å².